The molecule has 21 heteroatoms. The molecule has 0 saturated carbocycles. The third kappa shape index (κ3) is 16.5. The summed E-state index contributed by atoms with van der Waals surface area (Å²) in [6.07, 6.45) is -0.199. The van der Waals surface area contributed by atoms with Crippen molar-refractivity contribution >= 4 is 78.3 Å². The SMILES string of the molecule is Nc1cc[n+](Cc2ccc(Cc3ccc(C[n+]4ccc(N)c5ccccc54)cc3)cc2)c2ccccc12.Nc1cc[n+](Cc2ccc3c(c2)Cc2cc(C[n+]4ccc(N)c5ccccc54)ccc2-3)c2ccccc12.O.O=C([O-])C(F)(F)F.O=C([O-])C(F)(F)F.[Br-].[Br-]. The van der Waals surface area contributed by atoms with Crippen LogP contribution in [0.5, 0.6) is 0 Å². The molecule has 12 aromatic rings. The van der Waals surface area contributed by atoms with Crippen molar-refractivity contribution in [1.29, 1.82) is 0 Å². The predicted octanol–water partition coefficient (Wildman–Crippen LogP) is 2.60. The molecule has 0 radical (unpaired) electrons. The van der Waals surface area contributed by atoms with Gasteiger partial charge in [-0.25, -0.2) is 0 Å². The lowest BCUT2D eigenvalue weighted by molar-refractivity contribution is -0.662. The number of carbonyl (C=O) groups is 2. The van der Waals surface area contributed by atoms with Gasteiger partial charge in [0.1, 0.15) is 11.9 Å². The second-order valence-electron chi connectivity index (χ2n) is 21.2. The van der Waals surface area contributed by atoms with Crippen molar-refractivity contribution in [2.24, 2.45) is 0 Å². The second-order valence-corrected chi connectivity index (χ2v) is 21.2. The number of anilines is 4. The number of benzene rings is 8. The minimum absolute atomic E-state index is 0. The molecule has 1 aliphatic rings. The van der Waals surface area contributed by atoms with Gasteiger partial charge in [-0.1, -0.05) is 121 Å². The molecule has 4 heterocycles. The first-order chi connectivity index (χ1) is 42.2. The molecule has 0 amide bonds. The Morgan fingerprint density at radius 3 is 0.857 bits per heavy atom. The summed E-state index contributed by atoms with van der Waals surface area (Å²) < 4.78 is 72.2. The topological polar surface area (TPSA) is 231 Å². The summed E-state index contributed by atoms with van der Waals surface area (Å²) in [6.45, 7) is 3.26. The number of carboxylic acid groups (broad SMARTS) is 2. The van der Waals surface area contributed by atoms with Gasteiger partial charge in [-0.15, -0.1) is 0 Å². The Morgan fingerprint density at radius 1 is 0.363 bits per heavy atom. The van der Waals surface area contributed by atoms with Gasteiger partial charge in [0.15, 0.2) is 51.0 Å². The van der Waals surface area contributed by atoms with E-state index in [4.69, 9.17) is 42.7 Å². The van der Waals surface area contributed by atoms with E-state index in [9.17, 15) is 26.3 Å². The van der Waals surface area contributed by atoms with E-state index in [-0.39, 0.29) is 39.4 Å². The minimum Gasteiger partial charge on any atom is -1.00 e. The number of para-hydroxylation sites is 4. The fourth-order valence-corrected chi connectivity index (χ4v) is 10.8. The first-order valence-electron chi connectivity index (χ1n) is 27.8. The average molecular weight is 1370 g/mol. The van der Waals surface area contributed by atoms with Gasteiger partial charge in [-0.2, -0.15) is 44.6 Å². The molecular formula is C70H60Br2F6N8O5. The van der Waals surface area contributed by atoms with Gasteiger partial charge in [-0.3, -0.25) is 0 Å². The Hall–Kier alpha value is -9.96. The molecule has 1 aliphatic carbocycles. The summed E-state index contributed by atoms with van der Waals surface area (Å²) in [7, 11) is 0. The van der Waals surface area contributed by atoms with Crippen molar-refractivity contribution < 1.29 is 104 Å². The van der Waals surface area contributed by atoms with E-state index in [0.29, 0.717) is 0 Å². The summed E-state index contributed by atoms with van der Waals surface area (Å²) >= 11 is 0. The van der Waals surface area contributed by atoms with E-state index in [1.54, 1.807) is 0 Å². The van der Waals surface area contributed by atoms with Crippen LogP contribution in [0.15, 0.2) is 231 Å². The molecule has 10 N–H and O–H groups in total. The number of nitrogens with zero attached hydrogens (tertiary/aromatic N) is 4. The van der Waals surface area contributed by atoms with Gasteiger partial charge < -0.3 is 82.2 Å². The number of nitrogens with two attached hydrogens (primary N) is 4. The normalized spacial score (nSPS) is 11.2. The van der Waals surface area contributed by atoms with Crippen LogP contribution < -0.4 is 85.4 Å². The number of carboxylic acids is 2. The minimum atomic E-state index is -5.19. The monoisotopic (exact) mass is 1360 g/mol. The summed E-state index contributed by atoms with van der Waals surface area (Å²) in [5, 5.41) is 21.9. The summed E-state index contributed by atoms with van der Waals surface area (Å²) in [5.74, 6) is -6.01. The molecule has 0 fully saturated rings. The highest BCUT2D eigenvalue weighted by Gasteiger charge is 2.30. The maximum Gasteiger partial charge on any atom is 0.430 e. The molecule has 4 aromatic heterocycles. The second kappa shape index (κ2) is 29.6. The Bertz CT molecular complexity index is 4290. The molecule has 0 saturated heterocycles. The molecule has 13 rings (SSSR count). The van der Waals surface area contributed by atoms with E-state index < -0.39 is 24.3 Å². The first-order valence-corrected chi connectivity index (χ1v) is 27.8. The number of aliphatic carboxylic acids is 2. The van der Waals surface area contributed by atoms with Gasteiger partial charge in [0.05, 0.1) is 44.3 Å². The third-order valence-electron chi connectivity index (χ3n) is 15.2. The third-order valence-corrected chi connectivity index (χ3v) is 15.2. The van der Waals surface area contributed by atoms with Crippen LogP contribution in [-0.4, -0.2) is 29.8 Å². The Morgan fingerprint density at radius 2 is 0.593 bits per heavy atom. The molecular weight excluding hydrogens is 1310 g/mol. The van der Waals surface area contributed by atoms with Crippen LogP contribution >= 0.6 is 0 Å². The van der Waals surface area contributed by atoms with E-state index in [1.165, 1.54) is 55.6 Å². The summed E-state index contributed by atoms with van der Waals surface area (Å²) in [5.41, 5.74) is 45.9. The molecule has 0 aliphatic heterocycles. The zero-order chi connectivity index (χ0) is 62.3. The number of fused-ring (bicyclic) bond motifs is 7. The van der Waals surface area contributed by atoms with Crippen LogP contribution in [0, 0.1) is 0 Å². The van der Waals surface area contributed by atoms with E-state index in [1.807, 2.05) is 48.5 Å². The maximum atomic E-state index is 10.5. The molecule has 8 aromatic carbocycles. The zero-order valence-corrected chi connectivity index (χ0v) is 51.6. The van der Waals surface area contributed by atoms with E-state index >= 15 is 0 Å². The highest BCUT2D eigenvalue weighted by molar-refractivity contribution is 5.90. The number of hydrogen-bond acceptors (Lipinski definition) is 8. The fourth-order valence-electron chi connectivity index (χ4n) is 10.8. The molecule has 0 spiro atoms. The lowest BCUT2D eigenvalue weighted by Crippen LogP contribution is -3.00. The Balaban J connectivity index is 0.000000208. The lowest BCUT2D eigenvalue weighted by Gasteiger charge is -2.07. The van der Waals surface area contributed by atoms with Crippen LogP contribution in [0.2, 0.25) is 0 Å². The fraction of sp³-hybridized carbons (Fsp3) is 0.114. The quantitative estimate of drug-likeness (QED) is 0.117. The maximum absolute atomic E-state index is 10.5. The smallest absolute Gasteiger partial charge is 0.430 e. The van der Waals surface area contributed by atoms with Crippen molar-refractivity contribution in [3.8, 4) is 11.1 Å². The van der Waals surface area contributed by atoms with Gasteiger partial charge in [0, 0.05) is 70.8 Å². The Kier molecular flexibility index (Phi) is 22.3. The van der Waals surface area contributed by atoms with Gasteiger partial charge in [-0.05, 0) is 82.6 Å². The van der Waals surface area contributed by atoms with Crippen LogP contribution in [0.3, 0.4) is 0 Å². The first kappa shape index (κ1) is 68.5. The zero-order valence-electron chi connectivity index (χ0n) is 48.4. The molecule has 0 bridgehead atoms. The molecule has 13 nitrogen and oxygen atoms in total. The number of alkyl halides is 6. The van der Waals surface area contributed by atoms with Crippen LogP contribution in [0.1, 0.15) is 44.5 Å². The van der Waals surface area contributed by atoms with Crippen LogP contribution in [0.4, 0.5) is 49.1 Å². The van der Waals surface area contributed by atoms with E-state index in [0.717, 1.165) is 105 Å². The molecule has 466 valence electrons. The molecule has 0 atom stereocenters. The number of carbonyl (C=O) groups excluding carboxylic acids is 2. The van der Waals surface area contributed by atoms with Gasteiger partial charge in [0.25, 0.3) is 0 Å². The summed E-state index contributed by atoms with van der Waals surface area (Å²) in [6, 6.07) is 72.9. The standard InChI is InChI=1S/C33H26N4.C33H28N4.2C2HF3O2.2BrH.H2O/c34-30-13-15-36(32-7-3-1-5-28(30)32)20-22-9-11-26-24(17-22)19-25-18-23(10-12-27(25)26)21-37-16-14-31(35)29-6-2-4-8-33(29)37;34-30-17-19-36(32-7-3-1-5-28(30)32)22-26-13-9-24(10-14-26)21-25-11-15-27(16-12-25)23-37-20-18-31(35)29-6-2-4-8-33(29)37;2*3-2(4,5)1(6)7;;;/h1-18,34-35H,19-21H2;1-20,34-35H,21-23H2;2*(H,6,7);2*1H;1H2. The predicted molar refractivity (Wildman–Crippen MR) is 327 cm³/mol. The van der Waals surface area contributed by atoms with Crippen molar-refractivity contribution in [3.05, 3.63) is 276 Å². The number of nitrogen functional groups attached to an aromatic ring is 4. The van der Waals surface area contributed by atoms with E-state index in [2.05, 4.69) is 201 Å². The lowest BCUT2D eigenvalue weighted by atomic mass is 10.0. The number of rotatable bonds is 10. The van der Waals surface area contributed by atoms with Crippen molar-refractivity contribution in [2.45, 2.75) is 51.4 Å². The van der Waals surface area contributed by atoms with Crippen molar-refractivity contribution in [2.75, 3.05) is 22.9 Å². The summed E-state index contributed by atoms with van der Waals surface area (Å²) in [4.78, 5) is 17.6. The number of aromatic nitrogens is 4. The molecule has 0 unspecified atom stereocenters. The van der Waals surface area contributed by atoms with Gasteiger partial charge in [0.2, 0.25) is 22.1 Å². The number of hydrogen-bond donors (Lipinski definition) is 4. The highest BCUT2D eigenvalue weighted by Crippen LogP contribution is 2.38. The number of halogens is 8. The largest absolute Gasteiger partial charge is 1.00 e. The van der Waals surface area contributed by atoms with Crippen molar-refractivity contribution in [1.82, 2.24) is 0 Å². The Labute approximate surface area is 540 Å². The molecule has 91 heavy (non-hydrogen) atoms. The van der Waals surface area contributed by atoms with Crippen LogP contribution in [-0.2, 0) is 48.6 Å². The van der Waals surface area contributed by atoms with Crippen LogP contribution in [0.25, 0.3) is 54.7 Å². The highest BCUT2D eigenvalue weighted by atomic mass is 79.9. The van der Waals surface area contributed by atoms with Crippen molar-refractivity contribution in [3.63, 3.8) is 0 Å². The van der Waals surface area contributed by atoms with Gasteiger partial charge >= 0.3 is 12.4 Å². The number of pyridine rings is 4. The average Bonchev–Trinajstić information content (AvgIpc) is 1.95.